The van der Waals surface area contributed by atoms with Gasteiger partial charge in [0, 0.05) is 33.2 Å². The number of para-hydroxylation sites is 2. The highest BCUT2D eigenvalue weighted by molar-refractivity contribution is 6.09. The number of hydrogen-bond donors (Lipinski definition) is 0. The van der Waals surface area contributed by atoms with Crippen molar-refractivity contribution in [1.82, 2.24) is 14.5 Å². The van der Waals surface area contributed by atoms with Crippen LogP contribution in [0.1, 0.15) is 0 Å². The average Bonchev–Trinajstić information content (AvgIpc) is 3.49. The van der Waals surface area contributed by atoms with Crippen LogP contribution < -0.4 is 0 Å². The third kappa shape index (κ3) is 4.86. The predicted octanol–water partition coefficient (Wildman–Crippen LogP) is 11.4. The summed E-state index contributed by atoms with van der Waals surface area (Å²) in [6, 6.07) is 62.1. The first-order valence-corrected chi connectivity index (χ1v) is 15.9. The van der Waals surface area contributed by atoms with E-state index in [4.69, 9.17) is 9.97 Å². The second kappa shape index (κ2) is 11.2. The van der Waals surface area contributed by atoms with E-state index < -0.39 is 0 Å². The molecule has 7 aromatic carbocycles. The quantitative estimate of drug-likeness (QED) is 0.197. The molecule has 0 aliphatic heterocycles. The standard InChI is InChI=1S/C44H29N3/c1-2-11-34(12-3-1)44-45-40(32-21-18-31(19-22-32)36-23-20-30-10-4-5-13-35(30)28-36)29-41(46-44)33-24-26-37(27-25-33)47-42-16-8-6-14-38(42)39-15-7-9-17-43(39)47/h1-29H. The highest BCUT2D eigenvalue weighted by atomic mass is 15.0. The summed E-state index contributed by atoms with van der Waals surface area (Å²) in [5.41, 5.74) is 10.8. The first-order chi connectivity index (χ1) is 23.3. The monoisotopic (exact) mass is 599 g/mol. The van der Waals surface area contributed by atoms with Gasteiger partial charge < -0.3 is 4.57 Å². The molecule has 47 heavy (non-hydrogen) atoms. The molecule has 3 nitrogen and oxygen atoms in total. The molecule has 0 fully saturated rings. The largest absolute Gasteiger partial charge is 0.309 e. The summed E-state index contributed by atoms with van der Waals surface area (Å²) in [4.78, 5) is 10.1. The lowest BCUT2D eigenvalue weighted by atomic mass is 9.99. The Hall–Kier alpha value is -6.32. The molecule has 9 rings (SSSR count). The second-order valence-electron chi connectivity index (χ2n) is 11.9. The fraction of sp³-hybridized carbons (Fsp3) is 0. The second-order valence-corrected chi connectivity index (χ2v) is 11.9. The van der Waals surface area contributed by atoms with Gasteiger partial charge in [-0.15, -0.1) is 0 Å². The number of fused-ring (bicyclic) bond motifs is 4. The first-order valence-electron chi connectivity index (χ1n) is 15.9. The van der Waals surface area contributed by atoms with E-state index >= 15 is 0 Å². The minimum absolute atomic E-state index is 0.711. The maximum Gasteiger partial charge on any atom is 0.160 e. The van der Waals surface area contributed by atoms with Crippen molar-refractivity contribution >= 4 is 32.6 Å². The third-order valence-corrected chi connectivity index (χ3v) is 9.02. The molecule has 0 saturated heterocycles. The smallest absolute Gasteiger partial charge is 0.160 e. The Morgan fingerprint density at radius 3 is 1.51 bits per heavy atom. The number of rotatable bonds is 5. The lowest BCUT2D eigenvalue weighted by Gasteiger charge is -2.12. The molecule has 0 saturated carbocycles. The van der Waals surface area contributed by atoms with E-state index in [0.717, 1.165) is 33.8 Å². The lowest BCUT2D eigenvalue weighted by molar-refractivity contribution is 1.17. The molecule has 0 N–H and O–H groups in total. The van der Waals surface area contributed by atoms with Crippen LogP contribution in [0, 0.1) is 0 Å². The summed E-state index contributed by atoms with van der Waals surface area (Å²) in [5.74, 6) is 0.711. The van der Waals surface area contributed by atoms with Crippen molar-refractivity contribution < 1.29 is 0 Å². The van der Waals surface area contributed by atoms with Gasteiger partial charge in [0.25, 0.3) is 0 Å². The molecule has 2 heterocycles. The van der Waals surface area contributed by atoms with Crippen LogP contribution in [0.3, 0.4) is 0 Å². The van der Waals surface area contributed by atoms with E-state index in [2.05, 4.69) is 162 Å². The van der Waals surface area contributed by atoms with Crippen molar-refractivity contribution in [2.45, 2.75) is 0 Å². The minimum atomic E-state index is 0.711. The molecule has 0 atom stereocenters. The molecule has 0 amide bonds. The van der Waals surface area contributed by atoms with Gasteiger partial charge in [0.2, 0.25) is 0 Å². The van der Waals surface area contributed by atoms with Gasteiger partial charge in [0.15, 0.2) is 5.82 Å². The van der Waals surface area contributed by atoms with Gasteiger partial charge in [-0.25, -0.2) is 9.97 Å². The van der Waals surface area contributed by atoms with Crippen molar-refractivity contribution in [3.05, 3.63) is 176 Å². The van der Waals surface area contributed by atoms with Crippen LogP contribution in [0.4, 0.5) is 0 Å². The number of hydrogen-bond acceptors (Lipinski definition) is 2. The van der Waals surface area contributed by atoms with Gasteiger partial charge in [-0.3, -0.25) is 0 Å². The van der Waals surface area contributed by atoms with Crippen LogP contribution >= 0.6 is 0 Å². The van der Waals surface area contributed by atoms with Crippen molar-refractivity contribution in [1.29, 1.82) is 0 Å². The Morgan fingerprint density at radius 1 is 0.340 bits per heavy atom. The molecule has 0 bridgehead atoms. The molecule has 0 aliphatic carbocycles. The number of aromatic nitrogens is 3. The van der Waals surface area contributed by atoms with Crippen LogP contribution in [0.2, 0.25) is 0 Å². The molecule has 220 valence electrons. The van der Waals surface area contributed by atoms with E-state index in [0.29, 0.717) is 5.82 Å². The molecule has 0 spiro atoms. The number of benzene rings is 7. The van der Waals surface area contributed by atoms with Crippen molar-refractivity contribution in [3.8, 4) is 50.7 Å². The average molecular weight is 600 g/mol. The maximum atomic E-state index is 5.07. The van der Waals surface area contributed by atoms with E-state index in [1.807, 2.05) is 18.2 Å². The summed E-state index contributed by atoms with van der Waals surface area (Å²) in [6.07, 6.45) is 0. The zero-order valence-electron chi connectivity index (χ0n) is 25.6. The summed E-state index contributed by atoms with van der Waals surface area (Å²) in [5, 5.41) is 5.00. The summed E-state index contributed by atoms with van der Waals surface area (Å²) >= 11 is 0. The molecular formula is C44H29N3. The Kier molecular flexibility index (Phi) is 6.46. The molecule has 9 aromatic rings. The zero-order chi connectivity index (χ0) is 31.2. The lowest BCUT2D eigenvalue weighted by Crippen LogP contribution is -1.97. The zero-order valence-corrected chi connectivity index (χ0v) is 25.6. The van der Waals surface area contributed by atoms with Crippen LogP contribution in [0.5, 0.6) is 0 Å². The first kappa shape index (κ1) is 27.0. The molecule has 3 heteroatoms. The van der Waals surface area contributed by atoms with E-state index in [1.54, 1.807) is 0 Å². The SMILES string of the molecule is c1ccc(-c2nc(-c3ccc(-c4ccc5ccccc5c4)cc3)cc(-c3ccc(-n4c5ccccc5c5ccccc54)cc3)n2)cc1. The maximum absolute atomic E-state index is 5.07. The van der Waals surface area contributed by atoms with Gasteiger partial charge in [-0.2, -0.15) is 0 Å². The van der Waals surface area contributed by atoms with Crippen molar-refractivity contribution in [3.63, 3.8) is 0 Å². The van der Waals surface area contributed by atoms with Gasteiger partial charge in [0.05, 0.1) is 22.4 Å². The molecule has 0 radical (unpaired) electrons. The normalized spacial score (nSPS) is 11.4. The highest BCUT2D eigenvalue weighted by Crippen LogP contribution is 2.34. The molecular weight excluding hydrogens is 571 g/mol. The van der Waals surface area contributed by atoms with Gasteiger partial charge in [-0.05, 0) is 58.3 Å². The van der Waals surface area contributed by atoms with Gasteiger partial charge >= 0.3 is 0 Å². The molecule has 0 unspecified atom stereocenters. The topological polar surface area (TPSA) is 30.7 Å². The Bertz CT molecular complexity index is 2490. The summed E-state index contributed by atoms with van der Waals surface area (Å²) in [7, 11) is 0. The van der Waals surface area contributed by atoms with Crippen molar-refractivity contribution in [2.24, 2.45) is 0 Å². The Labute approximate surface area is 273 Å². The Morgan fingerprint density at radius 2 is 0.851 bits per heavy atom. The van der Waals surface area contributed by atoms with Crippen LogP contribution in [0.15, 0.2) is 176 Å². The third-order valence-electron chi connectivity index (χ3n) is 9.02. The van der Waals surface area contributed by atoms with Gasteiger partial charge in [0.1, 0.15) is 0 Å². The molecule has 0 aliphatic rings. The fourth-order valence-corrected chi connectivity index (χ4v) is 6.64. The van der Waals surface area contributed by atoms with E-state index in [1.165, 1.54) is 43.7 Å². The Balaban J connectivity index is 1.12. The van der Waals surface area contributed by atoms with Crippen LogP contribution in [-0.2, 0) is 0 Å². The summed E-state index contributed by atoms with van der Waals surface area (Å²) < 4.78 is 2.34. The number of nitrogens with zero attached hydrogens (tertiary/aromatic N) is 3. The highest BCUT2D eigenvalue weighted by Gasteiger charge is 2.14. The summed E-state index contributed by atoms with van der Waals surface area (Å²) in [6.45, 7) is 0. The molecule has 2 aromatic heterocycles. The fourth-order valence-electron chi connectivity index (χ4n) is 6.64. The van der Waals surface area contributed by atoms with Crippen molar-refractivity contribution in [2.75, 3.05) is 0 Å². The van der Waals surface area contributed by atoms with Crippen LogP contribution in [-0.4, -0.2) is 14.5 Å². The van der Waals surface area contributed by atoms with E-state index in [-0.39, 0.29) is 0 Å². The van der Waals surface area contributed by atoms with E-state index in [9.17, 15) is 0 Å². The van der Waals surface area contributed by atoms with Crippen LogP contribution in [0.25, 0.3) is 83.3 Å². The minimum Gasteiger partial charge on any atom is -0.309 e. The predicted molar refractivity (Wildman–Crippen MR) is 196 cm³/mol. The van der Waals surface area contributed by atoms with Gasteiger partial charge in [-0.1, -0.05) is 140 Å².